The third-order valence-corrected chi connectivity index (χ3v) is 4.45. The average Bonchev–Trinajstić information content (AvgIpc) is 2.53. The fourth-order valence-corrected chi connectivity index (χ4v) is 2.97. The first-order valence-electron chi connectivity index (χ1n) is 6.88. The summed E-state index contributed by atoms with van der Waals surface area (Å²) in [6.07, 6.45) is 0. The van der Waals surface area contributed by atoms with Crippen LogP contribution in [0.15, 0.2) is 53.4 Å². The van der Waals surface area contributed by atoms with Gasteiger partial charge in [-0.25, -0.2) is 8.42 Å². The van der Waals surface area contributed by atoms with Gasteiger partial charge in [-0.1, -0.05) is 25.1 Å². The number of anilines is 1. The molecule has 0 aliphatic carbocycles. The van der Waals surface area contributed by atoms with E-state index in [0.717, 1.165) is 12.1 Å². The van der Waals surface area contributed by atoms with Crippen LogP contribution in [0.25, 0.3) is 0 Å². The number of nitrogens with one attached hydrogen (secondary N) is 2. The van der Waals surface area contributed by atoms with Crippen LogP contribution < -0.4 is 10.0 Å². The van der Waals surface area contributed by atoms with Crippen LogP contribution in [0.5, 0.6) is 0 Å². The molecule has 0 aromatic heterocycles. The van der Waals surface area contributed by atoms with E-state index < -0.39 is 10.0 Å². The summed E-state index contributed by atoms with van der Waals surface area (Å²) in [5.41, 5.74) is 1.80. The van der Waals surface area contributed by atoms with Crippen molar-refractivity contribution in [3.63, 3.8) is 0 Å². The molecule has 0 radical (unpaired) electrons. The first kappa shape index (κ1) is 16.0. The molecule has 22 heavy (non-hydrogen) atoms. The molecule has 0 amide bonds. The van der Waals surface area contributed by atoms with Crippen LogP contribution in [0.1, 0.15) is 18.1 Å². The van der Waals surface area contributed by atoms with Crippen molar-refractivity contribution in [2.45, 2.75) is 18.4 Å². The van der Waals surface area contributed by atoms with E-state index in [-0.39, 0.29) is 4.90 Å². The second kappa shape index (κ2) is 7.07. The van der Waals surface area contributed by atoms with E-state index in [2.05, 4.69) is 10.0 Å². The summed E-state index contributed by atoms with van der Waals surface area (Å²) in [6, 6.07) is 15.0. The van der Waals surface area contributed by atoms with E-state index in [1.54, 1.807) is 42.5 Å². The molecule has 0 aliphatic heterocycles. The smallest absolute Gasteiger partial charge is 0.261 e. The van der Waals surface area contributed by atoms with Gasteiger partial charge in [-0.2, -0.15) is 5.26 Å². The lowest BCUT2D eigenvalue weighted by molar-refractivity contribution is 0.601. The van der Waals surface area contributed by atoms with Crippen LogP contribution in [-0.2, 0) is 16.6 Å². The molecule has 114 valence electrons. The number of hydrogen-bond acceptors (Lipinski definition) is 4. The largest absolute Gasteiger partial charge is 0.313 e. The lowest BCUT2D eigenvalue weighted by atomic mass is 10.2. The van der Waals surface area contributed by atoms with Crippen molar-refractivity contribution >= 4 is 15.7 Å². The normalized spacial score (nSPS) is 10.9. The second-order valence-electron chi connectivity index (χ2n) is 4.72. The highest BCUT2D eigenvalue weighted by molar-refractivity contribution is 7.92. The van der Waals surface area contributed by atoms with Crippen LogP contribution in [0.4, 0.5) is 5.69 Å². The summed E-state index contributed by atoms with van der Waals surface area (Å²) in [7, 11) is -3.66. The minimum absolute atomic E-state index is 0.190. The van der Waals surface area contributed by atoms with Crippen LogP contribution in [0, 0.1) is 11.3 Å². The van der Waals surface area contributed by atoms with E-state index in [0.29, 0.717) is 17.8 Å². The minimum Gasteiger partial charge on any atom is -0.313 e. The van der Waals surface area contributed by atoms with Gasteiger partial charge in [-0.3, -0.25) is 4.72 Å². The van der Waals surface area contributed by atoms with E-state index in [1.807, 2.05) is 13.0 Å². The van der Waals surface area contributed by atoms with Crippen molar-refractivity contribution in [2.75, 3.05) is 11.3 Å². The molecule has 0 saturated heterocycles. The summed E-state index contributed by atoms with van der Waals surface area (Å²) < 4.78 is 27.1. The predicted octanol–water partition coefficient (Wildman–Crippen LogP) is 2.47. The van der Waals surface area contributed by atoms with Crippen LogP contribution in [-0.4, -0.2) is 15.0 Å². The maximum atomic E-state index is 12.3. The Labute approximate surface area is 130 Å². The molecule has 0 bridgehead atoms. The fourth-order valence-electron chi connectivity index (χ4n) is 1.92. The van der Waals surface area contributed by atoms with Crippen LogP contribution in [0.2, 0.25) is 0 Å². The van der Waals surface area contributed by atoms with E-state index >= 15 is 0 Å². The zero-order valence-corrected chi connectivity index (χ0v) is 13.0. The van der Waals surface area contributed by atoms with Gasteiger partial charge in [0.15, 0.2) is 0 Å². The maximum Gasteiger partial charge on any atom is 0.261 e. The summed E-state index contributed by atoms with van der Waals surface area (Å²) in [5, 5.41) is 12.0. The van der Waals surface area contributed by atoms with Crippen LogP contribution in [0.3, 0.4) is 0 Å². The highest BCUT2D eigenvalue weighted by atomic mass is 32.2. The molecule has 0 aliphatic rings. The Kier molecular flexibility index (Phi) is 5.15. The summed E-state index contributed by atoms with van der Waals surface area (Å²) in [5.74, 6) is 0. The van der Waals surface area contributed by atoms with Gasteiger partial charge in [-0.05, 0) is 42.4 Å². The lowest BCUT2D eigenvalue weighted by Gasteiger charge is -2.09. The van der Waals surface area contributed by atoms with Crippen molar-refractivity contribution in [1.29, 1.82) is 5.26 Å². The van der Waals surface area contributed by atoms with Crippen molar-refractivity contribution in [1.82, 2.24) is 5.32 Å². The molecule has 6 heteroatoms. The molecule has 0 unspecified atom stereocenters. The van der Waals surface area contributed by atoms with Gasteiger partial charge < -0.3 is 5.32 Å². The Morgan fingerprint density at radius 1 is 1.14 bits per heavy atom. The van der Waals surface area contributed by atoms with Gasteiger partial charge in [0.25, 0.3) is 10.0 Å². The lowest BCUT2D eigenvalue weighted by Crippen LogP contribution is -2.14. The fraction of sp³-hybridized carbons (Fsp3) is 0.188. The number of benzene rings is 2. The third kappa shape index (κ3) is 4.07. The van der Waals surface area contributed by atoms with E-state index in [1.165, 1.54) is 6.07 Å². The molecule has 0 heterocycles. The molecule has 5 nitrogen and oxygen atoms in total. The second-order valence-corrected chi connectivity index (χ2v) is 6.40. The Balaban J connectivity index is 2.17. The molecular formula is C16H17N3O2S. The monoisotopic (exact) mass is 315 g/mol. The maximum absolute atomic E-state index is 12.3. The standard InChI is InChI=1S/C16H17N3O2S/c1-2-18-12-13-6-8-16(9-7-13)22(20,21)19-15-5-3-4-14(10-15)11-17/h3-10,18-19H,2,12H2,1H3. The number of sulfonamides is 1. The van der Waals surface area contributed by atoms with Gasteiger partial charge in [0.05, 0.1) is 22.2 Å². The van der Waals surface area contributed by atoms with Gasteiger partial charge in [0.2, 0.25) is 0 Å². The summed E-state index contributed by atoms with van der Waals surface area (Å²) >= 11 is 0. The van der Waals surface area contributed by atoms with Gasteiger partial charge in [0, 0.05) is 6.54 Å². The summed E-state index contributed by atoms with van der Waals surface area (Å²) in [6.45, 7) is 3.57. The Bertz CT molecular complexity index is 778. The quantitative estimate of drug-likeness (QED) is 0.858. The molecule has 2 aromatic carbocycles. The summed E-state index contributed by atoms with van der Waals surface area (Å²) in [4.78, 5) is 0.190. The van der Waals surface area contributed by atoms with Gasteiger partial charge in [-0.15, -0.1) is 0 Å². The zero-order valence-electron chi connectivity index (χ0n) is 12.2. The molecule has 0 fully saturated rings. The first-order chi connectivity index (χ1) is 10.5. The number of rotatable bonds is 6. The average molecular weight is 315 g/mol. The number of nitriles is 1. The Hall–Kier alpha value is -2.36. The minimum atomic E-state index is -3.66. The van der Waals surface area contributed by atoms with E-state index in [9.17, 15) is 8.42 Å². The highest BCUT2D eigenvalue weighted by Crippen LogP contribution is 2.17. The molecule has 0 saturated carbocycles. The zero-order chi connectivity index (χ0) is 16.0. The van der Waals surface area contributed by atoms with Gasteiger partial charge >= 0.3 is 0 Å². The van der Waals surface area contributed by atoms with Crippen molar-refractivity contribution in [2.24, 2.45) is 0 Å². The van der Waals surface area contributed by atoms with Crippen molar-refractivity contribution in [3.05, 3.63) is 59.7 Å². The Morgan fingerprint density at radius 2 is 1.86 bits per heavy atom. The molecule has 2 N–H and O–H groups in total. The number of nitrogens with zero attached hydrogens (tertiary/aromatic N) is 1. The molecule has 2 aromatic rings. The van der Waals surface area contributed by atoms with Crippen LogP contribution >= 0.6 is 0 Å². The van der Waals surface area contributed by atoms with Gasteiger partial charge in [0.1, 0.15) is 0 Å². The molecule has 0 spiro atoms. The SMILES string of the molecule is CCNCc1ccc(S(=O)(=O)Nc2cccc(C#N)c2)cc1. The molecular weight excluding hydrogens is 298 g/mol. The highest BCUT2D eigenvalue weighted by Gasteiger charge is 2.14. The third-order valence-electron chi connectivity index (χ3n) is 3.06. The molecule has 0 atom stereocenters. The van der Waals surface area contributed by atoms with Crippen molar-refractivity contribution < 1.29 is 8.42 Å². The predicted molar refractivity (Wildman–Crippen MR) is 85.8 cm³/mol. The molecule has 2 rings (SSSR count). The van der Waals surface area contributed by atoms with Crippen molar-refractivity contribution in [3.8, 4) is 6.07 Å². The first-order valence-corrected chi connectivity index (χ1v) is 8.36. The number of hydrogen-bond donors (Lipinski definition) is 2. The Morgan fingerprint density at radius 3 is 2.50 bits per heavy atom. The topological polar surface area (TPSA) is 82.0 Å². The van der Waals surface area contributed by atoms with E-state index in [4.69, 9.17) is 5.26 Å².